The number of aromatic nitrogens is 2. The van der Waals surface area contributed by atoms with Gasteiger partial charge in [0.1, 0.15) is 11.4 Å². The van der Waals surface area contributed by atoms with E-state index in [-0.39, 0.29) is 6.29 Å². The van der Waals surface area contributed by atoms with Gasteiger partial charge in [-0.05, 0) is 45.2 Å². The fraction of sp³-hybridized carbons (Fsp3) is 0.350. The number of aryl methyl sites for hydroxylation is 1. The molecule has 1 aliphatic rings. The number of aliphatic imine (C=N–C) groups is 1. The van der Waals surface area contributed by atoms with Crippen LogP contribution in [0.1, 0.15) is 20.8 Å². The van der Waals surface area contributed by atoms with Crippen LogP contribution < -0.4 is 21.3 Å². The molecule has 160 valence electrons. The fourth-order valence-electron chi connectivity index (χ4n) is 2.66. The molecule has 1 unspecified atom stereocenters. The zero-order chi connectivity index (χ0) is 21.7. The topological polar surface area (TPSA) is 105 Å². The summed E-state index contributed by atoms with van der Waals surface area (Å²) in [5.74, 6) is 0.719. The number of amidine groups is 1. The molecular weight excluding hydrogens is 402 g/mol. The van der Waals surface area contributed by atoms with Gasteiger partial charge in [-0.2, -0.15) is 5.10 Å². The second-order valence-electron chi connectivity index (χ2n) is 7.64. The Morgan fingerprint density at radius 3 is 2.70 bits per heavy atom. The highest BCUT2D eigenvalue weighted by atomic mass is 32.2. The summed E-state index contributed by atoms with van der Waals surface area (Å²) in [5, 5.41) is 16.7. The minimum atomic E-state index is -0.557. The summed E-state index contributed by atoms with van der Waals surface area (Å²) < 4.78 is 7.03. The van der Waals surface area contributed by atoms with Crippen LogP contribution in [0, 0.1) is 0 Å². The number of anilines is 3. The van der Waals surface area contributed by atoms with Crippen LogP contribution in [0.15, 0.2) is 52.8 Å². The molecule has 0 bridgehead atoms. The van der Waals surface area contributed by atoms with Gasteiger partial charge in [-0.1, -0.05) is 6.07 Å². The molecule has 3 rings (SSSR count). The molecule has 2 heterocycles. The Balaban J connectivity index is 1.70. The lowest BCUT2D eigenvalue weighted by Crippen LogP contribution is -2.37. The van der Waals surface area contributed by atoms with E-state index < -0.39 is 11.7 Å². The fourth-order valence-corrected chi connectivity index (χ4v) is 3.15. The van der Waals surface area contributed by atoms with E-state index in [1.54, 1.807) is 28.7 Å². The third-order valence-corrected chi connectivity index (χ3v) is 4.61. The number of rotatable bonds is 5. The van der Waals surface area contributed by atoms with E-state index in [2.05, 4.69) is 26.4 Å². The number of benzene rings is 1. The number of carbonyl (C=O) groups excluding carboxylic acids is 1. The summed E-state index contributed by atoms with van der Waals surface area (Å²) >= 11 is 1.58. The van der Waals surface area contributed by atoms with Gasteiger partial charge in [0.05, 0.1) is 16.8 Å². The van der Waals surface area contributed by atoms with E-state index >= 15 is 0 Å². The molecule has 0 saturated carbocycles. The lowest BCUT2D eigenvalue weighted by atomic mass is 10.2. The first-order chi connectivity index (χ1) is 14.2. The Hall–Kier alpha value is -3.14. The van der Waals surface area contributed by atoms with E-state index in [9.17, 15) is 4.79 Å². The van der Waals surface area contributed by atoms with Crippen LogP contribution in [0.4, 0.5) is 21.9 Å². The second-order valence-corrected chi connectivity index (χ2v) is 8.49. The Bertz CT molecular complexity index is 962. The molecule has 0 fully saturated rings. The van der Waals surface area contributed by atoms with Crippen LogP contribution in [0.2, 0.25) is 0 Å². The maximum absolute atomic E-state index is 12.0. The SMILES string of the molecule is CSC1=CNC(Nc2cnn(C)c2)N=C1Nc1cccc(NC(=O)OC(C)(C)C)c1. The zero-order valence-corrected chi connectivity index (χ0v) is 18.5. The van der Waals surface area contributed by atoms with Crippen molar-refractivity contribution in [3.63, 3.8) is 0 Å². The predicted octanol–water partition coefficient (Wildman–Crippen LogP) is 3.78. The molecule has 1 atom stereocenters. The van der Waals surface area contributed by atoms with Gasteiger partial charge >= 0.3 is 6.09 Å². The van der Waals surface area contributed by atoms with Crippen molar-refractivity contribution in [3.8, 4) is 0 Å². The first kappa shape index (κ1) is 21.6. The quantitative estimate of drug-likeness (QED) is 0.573. The molecule has 2 aromatic rings. The van der Waals surface area contributed by atoms with Crippen LogP contribution in [-0.2, 0) is 11.8 Å². The van der Waals surface area contributed by atoms with Crippen molar-refractivity contribution in [2.75, 3.05) is 22.2 Å². The van der Waals surface area contributed by atoms with Gasteiger partial charge in [0.15, 0.2) is 6.29 Å². The van der Waals surface area contributed by atoms with Crippen molar-refractivity contribution in [2.45, 2.75) is 32.7 Å². The van der Waals surface area contributed by atoms with Gasteiger partial charge < -0.3 is 20.7 Å². The normalized spacial score (nSPS) is 16.1. The molecule has 0 aliphatic carbocycles. The average Bonchev–Trinajstić information content (AvgIpc) is 3.05. The minimum absolute atomic E-state index is 0.337. The van der Waals surface area contributed by atoms with Crippen LogP contribution in [0.3, 0.4) is 0 Å². The van der Waals surface area contributed by atoms with Crippen LogP contribution in [0.25, 0.3) is 0 Å². The molecule has 1 aliphatic heterocycles. The third-order valence-electron chi connectivity index (χ3n) is 3.86. The predicted molar refractivity (Wildman–Crippen MR) is 123 cm³/mol. The van der Waals surface area contributed by atoms with Gasteiger partial charge in [0, 0.05) is 30.8 Å². The monoisotopic (exact) mass is 429 g/mol. The molecule has 0 spiro atoms. The smallest absolute Gasteiger partial charge is 0.412 e. The van der Waals surface area contributed by atoms with Crippen molar-refractivity contribution < 1.29 is 9.53 Å². The summed E-state index contributed by atoms with van der Waals surface area (Å²) in [5.41, 5.74) is 1.73. The first-order valence-electron chi connectivity index (χ1n) is 9.42. The zero-order valence-electron chi connectivity index (χ0n) is 17.7. The van der Waals surface area contributed by atoms with Gasteiger partial charge in [-0.3, -0.25) is 10.00 Å². The Morgan fingerprint density at radius 2 is 2.03 bits per heavy atom. The Morgan fingerprint density at radius 1 is 1.27 bits per heavy atom. The molecular formula is C20H27N7O2S. The molecule has 9 nitrogen and oxygen atoms in total. The van der Waals surface area contributed by atoms with Crippen molar-refractivity contribution in [3.05, 3.63) is 47.8 Å². The highest BCUT2D eigenvalue weighted by molar-refractivity contribution is 8.03. The number of carbonyl (C=O) groups is 1. The van der Waals surface area contributed by atoms with Crippen molar-refractivity contribution >= 4 is 40.8 Å². The number of nitrogens with one attached hydrogen (secondary N) is 4. The molecule has 0 radical (unpaired) electrons. The van der Waals surface area contributed by atoms with Crippen LogP contribution in [0.5, 0.6) is 0 Å². The van der Waals surface area contributed by atoms with Crippen molar-refractivity contribution in [1.82, 2.24) is 15.1 Å². The lowest BCUT2D eigenvalue weighted by molar-refractivity contribution is 0.0636. The van der Waals surface area contributed by atoms with E-state index in [0.29, 0.717) is 5.69 Å². The molecule has 1 aromatic carbocycles. The second kappa shape index (κ2) is 9.12. The number of thioether (sulfide) groups is 1. The number of hydrogen-bond acceptors (Lipinski definition) is 8. The maximum atomic E-state index is 12.0. The van der Waals surface area contributed by atoms with Gasteiger partial charge in [0.25, 0.3) is 0 Å². The summed E-state index contributed by atoms with van der Waals surface area (Å²) in [6, 6.07) is 7.39. The van der Waals surface area contributed by atoms with E-state index in [4.69, 9.17) is 9.73 Å². The minimum Gasteiger partial charge on any atom is -0.444 e. The molecule has 30 heavy (non-hydrogen) atoms. The summed E-state index contributed by atoms with van der Waals surface area (Å²) in [6.07, 6.45) is 6.69. The first-order valence-corrected chi connectivity index (χ1v) is 10.6. The third kappa shape index (κ3) is 6.18. The van der Waals surface area contributed by atoms with Crippen molar-refractivity contribution in [2.24, 2.45) is 12.0 Å². The molecule has 1 amide bonds. The highest BCUT2D eigenvalue weighted by Crippen LogP contribution is 2.22. The van der Waals surface area contributed by atoms with Crippen molar-refractivity contribution in [1.29, 1.82) is 0 Å². The van der Waals surface area contributed by atoms with Gasteiger partial charge in [-0.25, -0.2) is 9.79 Å². The molecule has 10 heteroatoms. The molecule has 0 saturated heterocycles. The van der Waals surface area contributed by atoms with E-state index in [1.165, 1.54) is 0 Å². The summed E-state index contributed by atoms with van der Waals surface area (Å²) in [4.78, 5) is 17.7. The average molecular weight is 430 g/mol. The largest absolute Gasteiger partial charge is 0.444 e. The number of nitrogens with zero attached hydrogens (tertiary/aromatic N) is 3. The number of ether oxygens (including phenoxy) is 1. The highest BCUT2D eigenvalue weighted by Gasteiger charge is 2.18. The lowest BCUT2D eigenvalue weighted by Gasteiger charge is -2.24. The van der Waals surface area contributed by atoms with Gasteiger partial charge in [-0.15, -0.1) is 11.8 Å². The Labute approximate surface area is 180 Å². The Kier molecular flexibility index (Phi) is 6.56. The van der Waals surface area contributed by atoms with E-state index in [0.717, 1.165) is 22.1 Å². The summed E-state index contributed by atoms with van der Waals surface area (Å²) in [6.45, 7) is 5.48. The van der Waals surface area contributed by atoms with Crippen LogP contribution in [-0.4, -0.2) is 39.9 Å². The number of hydrogen-bond donors (Lipinski definition) is 4. The van der Waals surface area contributed by atoms with Gasteiger partial charge in [0.2, 0.25) is 0 Å². The standard InChI is InChI=1S/C20H27N7O2S/c1-20(2,3)29-19(28)25-14-8-6-7-13(9-14)23-17-16(30-5)11-21-18(26-17)24-15-10-22-27(4)12-15/h6-12,18,21,24H,1-5H3,(H,23,26)(H,25,28). The van der Waals surface area contributed by atoms with E-state index in [1.807, 2.05) is 64.7 Å². The molecule has 1 aromatic heterocycles. The van der Waals surface area contributed by atoms with Crippen LogP contribution >= 0.6 is 11.8 Å². The summed E-state index contributed by atoms with van der Waals surface area (Å²) in [7, 11) is 1.86. The molecule has 4 N–H and O–H groups in total. The maximum Gasteiger partial charge on any atom is 0.412 e. The number of amides is 1.